The Morgan fingerprint density at radius 2 is 2.12 bits per heavy atom. The van der Waals surface area contributed by atoms with Crippen molar-refractivity contribution >= 4 is 5.78 Å². The standard InChI is InChI=1S/C16H24N6O3/c23-14-7-13(19-15-17-12-18-22(14)15)8-21-5-6-25-11-16(24,10-21)9-20-3-1-2-4-20/h7,12,24H,1-6,8-11H2,(H,17,18,19). The van der Waals surface area contributed by atoms with Gasteiger partial charge in [0.25, 0.3) is 11.3 Å². The SMILES string of the molecule is O=c1cc(CN2CCOCC(O)(CN3CCCC3)C2)nc2nc[nH]n12. The van der Waals surface area contributed by atoms with E-state index in [4.69, 9.17) is 4.74 Å². The van der Waals surface area contributed by atoms with Gasteiger partial charge in [-0.05, 0) is 25.9 Å². The van der Waals surface area contributed by atoms with Crippen LogP contribution in [0, 0.1) is 0 Å². The number of fused-ring (bicyclic) bond motifs is 1. The van der Waals surface area contributed by atoms with Crippen molar-refractivity contribution in [2.75, 3.05) is 45.9 Å². The number of β-amino-alcohol motifs (C(OH)–C–C–N with tert-alkyl or cyclic N) is 1. The molecule has 2 aromatic heterocycles. The van der Waals surface area contributed by atoms with Crippen molar-refractivity contribution in [1.82, 2.24) is 29.4 Å². The van der Waals surface area contributed by atoms with Gasteiger partial charge in [0.05, 0.1) is 18.9 Å². The molecule has 4 rings (SSSR count). The fourth-order valence-electron chi connectivity index (χ4n) is 3.76. The second-order valence-electron chi connectivity index (χ2n) is 7.08. The van der Waals surface area contributed by atoms with Gasteiger partial charge in [0, 0.05) is 32.2 Å². The summed E-state index contributed by atoms with van der Waals surface area (Å²) < 4.78 is 6.95. The van der Waals surface area contributed by atoms with E-state index in [1.807, 2.05) is 0 Å². The predicted molar refractivity (Wildman–Crippen MR) is 90.3 cm³/mol. The zero-order valence-electron chi connectivity index (χ0n) is 14.2. The van der Waals surface area contributed by atoms with Crippen LogP contribution in [-0.4, -0.2) is 86.0 Å². The number of aromatic amines is 1. The molecule has 0 aliphatic carbocycles. The summed E-state index contributed by atoms with van der Waals surface area (Å²) in [5.74, 6) is 0.362. The van der Waals surface area contributed by atoms with Crippen molar-refractivity contribution in [2.45, 2.75) is 25.0 Å². The van der Waals surface area contributed by atoms with Gasteiger partial charge in [-0.15, -0.1) is 0 Å². The maximum Gasteiger partial charge on any atom is 0.274 e. The molecule has 2 fully saturated rings. The van der Waals surface area contributed by atoms with Crippen molar-refractivity contribution in [3.05, 3.63) is 28.4 Å². The number of nitrogens with one attached hydrogen (secondary N) is 1. The van der Waals surface area contributed by atoms with Gasteiger partial charge in [0.2, 0.25) is 0 Å². The zero-order chi connectivity index (χ0) is 17.3. The number of hydrogen-bond donors (Lipinski definition) is 2. The lowest BCUT2D eigenvalue weighted by Crippen LogP contribution is -2.51. The molecule has 2 aliphatic heterocycles. The molecule has 0 spiro atoms. The Morgan fingerprint density at radius 1 is 1.28 bits per heavy atom. The molecule has 2 aliphatic rings. The smallest absolute Gasteiger partial charge is 0.274 e. The second kappa shape index (κ2) is 6.83. The van der Waals surface area contributed by atoms with E-state index >= 15 is 0 Å². The molecule has 25 heavy (non-hydrogen) atoms. The van der Waals surface area contributed by atoms with Crippen LogP contribution in [-0.2, 0) is 11.3 Å². The summed E-state index contributed by atoms with van der Waals surface area (Å²) in [5, 5.41) is 13.8. The van der Waals surface area contributed by atoms with E-state index in [1.54, 1.807) is 0 Å². The Labute approximate surface area is 145 Å². The molecule has 4 heterocycles. The average Bonchev–Trinajstić information content (AvgIpc) is 3.19. The van der Waals surface area contributed by atoms with Crippen LogP contribution in [0.1, 0.15) is 18.5 Å². The third-order valence-electron chi connectivity index (χ3n) is 4.86. The molecule has 2 N–H and O–H groups in total. The van der Waals surface area contributed by atoms with Gasteiger partial charge in [-0.25, -0.2) is 9.97 Å². The Bertz CT molecular complexity index is 784. The maximum atomic E-state index is 12.1. The lowest BCUT2D eigenvalue weighted by molar-refractivity contribution is -0.0549. The number of hydrogen-bond acceptors (Lipinski definition) is 7. The first-order chi connectivity index (χ1) is 12.1. The van der Waals surface area contributed by atoms with Gasteiger partial charge in [0.1, 0.15) is 11.9 Å². The highest BCUT2D eigenvalue weighted by atomic mass is 16.5. The van der Waals surface area contributed by atoms with E-state index in [0.717, 1.165) is 13.1 Å². The number of aromatic nitrogens is 4. The molecular weight excluding hydrogens is 324 g/mol. The van der Waals surface area contributed by atoms with Crippen molar-refractivity contribution in [3.63, 3.8) is 0 Å². The summed E-state index contributed by atoms with van der Waals surface area (Å²) in [5.41, 5.74) is -0.426. The topological polar surface area (TPSA) is 99.0 Å². The Balaban J connectivity index is 1.49. The highest BCUT2D eigenvalue weighted by Gasteiger charge is 2.35. The highest BCUT2D eigenvalue weighted by Crippen LogP contribution is 2.18. The molecule has 1 unspecified atom stereocenters. The molecular formula is C16H24N6O3. The summed E-state index contributed by atoms with van der Waals surface area (Å²) in [4.78, 5) is 24.9. The van der Waals surface area contributed by atoms with Crippen molar-refractivity contribution < 1.29 is 9.84 Å². The third kappa shape index (κ3) is 3.74. The van der Waals surface area contributed by atoms with E-state index < -0.39 is 5.60 Å². The van der Waals surface area contributed by atoms with Crippen LogP contribution in [0.2, 0.25) is 0 Å². The fraction of sp³-hybridized carbons (Fsp3) is 0.688. The van der Waals surface area contributed by atoms with Gasteiger partial charge in [-0.2, -0.15) is 4.52 Å². The van der Waals surface area contributed by atoms with Crippen molar-refractivity contribution in [2.24, 2.45) is 0 Å². The zero-order valence-corrected chi connectivity index (χ0v) is 14.2. The van der Waals surface area contributed by atoms with Crippen LogP contribution in [0.15, 0.2) is 17.2 Å². The largest absolute Gasteiger partial charge is 0.385 e. The number of H-pyrrole nitrogens is 1. The quantitative estimate of drug-likeness (QED) is 0.737. The number of likely N-dealkylation sites (tertiary alicyclic amines) is 1. The molecule has 0 bridgehead atoms. The molecule has 136 valence electrons. The maximum absolute atomic E-state index is 12.1. The Kier molecular flexibility index (Phi) is 4.55. The normalized spacial score (nSPS) is 26.3. The van der Waals surface area contributed by atoms with Crippen LogP contribution in [0.3, 0.4) is 0 Å². The van der Waals surface area contributed by atoms with Gasteiger partial charge < -0.3 is 14.7 Å². The van der Waals surface area contributed by atoms with Gasteiger partial charge in [-0.3, -0.25) is 14.8 Å². The first kappa shape index (κ1) is 16.6. The lowest BCUT2D eigenvalue weighted by atomic mass is 10.0. The molecule has 9 heteroatoms. The van der Waals surface area contributed by atoms with Gasteiger partial charge in [0.15, 0.2) is 0 Å². The number of ether oxygens (including phenoxy) is 1. The van der Waals surface area contributed by atoms with E-state index in [9.17, 15) is 9.90 Å². The molecule has 0 aromatic carbocycles. The summed E-state index contributed by atoms with van der Waals surface area (Å²) in [6.07, 6.45) is 3.83. The minimum Gasteiger partial charge on any atom is -0.385 e. The molecule has 0 radical (unpaired) electrons. The van der Waals surface area contributed by atoms with Gasteiger partial charge in [-0.1, -0.05) is 0 Å². The van der Waals surface area contributed by atoms with E-state index in [0.29, 0.717) is 50.9 Å². The van der Waals surface area contributed by atoms with Crippen LogP contribution in [0.4, 0.5) is 0 Å². The molecule has 1 atom stereocenters. The van der Waals surface area contributed by atoms with E-state index in [-0.39, 0.29) is 5.56 Å². The minimum atomic E-state index is -0.897. The van der Waals surface area contributed by atoms with Gasteiger partial charge >= 0.3 is 0 Å². The number of nitrogens with zero attached hydrogens (tertiary/aromatic N) is 5. The third-order valence-corrected chi connectivity index (χ3v) is 4.86. The fourth-order valence-corrected chi connectivity index (χ4v) is 3.76. The van der Waals surface area contributed by atoms with Crippen LogP contribution in [0.25, 0.3) is 5.78 Å². The average molecular weight is 348 g/mol. The molecule has 0 amide bonds. The highest BCUT2D eigenvalue weighted by molar-refractivity contribution is 5.26. The van der Waals surface area contributed by atoms with Crippen LogP contribution < -0.4 is 5.56 Å². The lowest BCUT2D eigenvalue weighted by Gasteiger charge is -2.33. The molecule has 0 saturated carbocycles. The first-order valence-electron chi connectivity index (χ1n) is 8.78. The second-order valence-corrected chi connectivity index (χ2v) is 7.08. The number of aliphatic hydroxyl groups is 1. The van der Waals surface area contributed by atoms with Crippen LogP contribution >= 0.6 is 0 Å². The molecule has 9 nitrogen and oxygen atoms in total. The Morgan fingerprint density at radius 3 is 2.96 bits per heavy atom. The van der Waals surface area contributed by atoms with Crippen molar-refractivity contribution in [1.29, 1.82) is 0 Å². The summed E-state index contributed by atoms with van der Waals surface area (Å²) >= 11 is 0. The molecule has 2 saturated heterocycles. The molecule has 2 aromatic rings. The predicted octanol–water partition coefficient (Wildman–Crippen LogP) is -0.923. The Hall–Kier alpha value is -1.81. The monoisotopic (exact) mass is 348 g/mol. The number of rotatable bonds is 4. The minimum absolute atomic E-state index is 0.184. The van der Waals surface area contributed by atoms with E-state index in [2.05, 4.69) is 24.9 Å². The first-order valence-corrected chi connectivity index (χ1v) is 8.78. The summed E-state index contributed by atoms with van der Waals surface area (Å²) in [6.45, 7) is 5.30. The summed E-state index contributed by atoms with van der Waals surface area (Å²) in [7, 11) is 0. The van der Waals surface area contributed by atoms with Crippen LogP contribution in [0.5, 0.6) is 0 Å². The van der Waals surface area contributed by atoms with E-state index in [1.165, 1.54) is 29.8 Å². The summed E-state index contributed by atoms with van der Waals surface area (Å²) in [6, 6.07) is 1.51. The van der Waals surface area contributed by atoms with Crippen molar-refractivity contribution in [3.8, 4) is 0 Å².